The summed E-state index contributed by atoms with van der Waals surface area (Å²) in [6, 6.07) is 4.16. The van der Waals surface area contributed by atoms with E-state index in [0.717, 1.165) is 32.1 Å². The highest BCUT2D eigenvalue weighted by Gasteiger charge is 2.40. The number of benzene rings is 1. The topological polar surface area (TPSA) is 107 Å². The summed E-state index contributed by atoms with van der Waals surface area (Å²) in [6.07, 6.45) is 3.68. The van der Waals surface area contributed by atoms with E-state index in [2.05, 4.69) is 0 Å². The Balaban J connectivity index is 1.84. The maximum Gasteiger partial charge on any atom is 0.338 e. The van der Waals surface area contributed by atoms with Gasteiger partial charge in [-0.2, -0.15) is 0 Å². The Hall–Kier alpha value is -2.70. The predicted molar refractivity (Wildman–Crippen MR) is 87.9 cm³/mol. The van der Waals surface area contributed by atoms with Gasteiger partial charge in [0.05, 0.1) is 16.7 Å². The fourth-order valence-electron chi connectivity index (χ4n) is 3.34. The van der Waals surface area contributed by atoms with Crippen LogP contribution < -0.4 is 5.73 Å². The van der Waals surface area contributed by atoms with Crippen LogP contribution >= 0.6 is 0 Å². The SMILES string of the molecule is C[C@@H](OC(=O)c1ccc2c(c1)C(=O)N(C1CCCCC1)C2=O)C(N)=O. The molecule has 3 rings (SSSR count). The number of imide groups is 1. The van der Waals surface area contributed by atoms with E-state index in [1.165, 1.54) is 30.0 Å². The van der Waals surface area contributed by atoms with Crippen molar-refractivity contribution < 1.29 is 23.9 Å². The van der Waals surface area contributed by atoms with E-state index in [-0.39, 0.29) is 29.0 Å². The number of ether oxygens (including phenoxy) is 1. The number of carbonyl (C=O) groups is 4. The Labute approximate surface area is 145 Å². The van der Waals surface area contributed by atoms with Gasteiger partial charge in [-0.05, 0) is 38.0 Å². The zero-order valence-electron chi connectivity index (χ0n) is 14.0. The van der Waals surface area contributed by atoms with Crippen LogP contribution in [0.2, 0.25) is 0 Å². The third kappa shape index (κ3) is 3.14. The first kappa shape index (κ1) is 17.1. The minimum Gasteiger partial charge on any atom is -0.449 e. The minimum absolute atomic E-state index is 0.0774. The van der Waals surface area contributed by atoms with Crippen LogP contribution in [0.5, 0.6) is 0 Å². The van der Waals surface area contributed by atoms with E-state index in [4.69, 9.17) is 10.5 Å². The number of nitrogens with two attached hydrogens (primary N) is 1. The number of carbonyl (C=O) groups excluding carboxylic acids is 4. The van der Waals surface area contributed by atoms with Crippen LogP contribution in [0.25, 0.3) is 0 Å². The monoisotopic (exact) mass is 344 g/mol. The first-order valence-electron chi connectivity index (χ1n) is 8.42. The fourth-order valence-corrected chi connectivity index (χ4v) is 3.34. The molecule has 0 aromatic heterocycles. The van der Waals surface area contributed by atoms with Crippen molar-refractivity contribution in [2.24, 2.45) is 5.73 Å². The van der Waals surface area contributed by atoms with Gasteiger partial charge in [-0.15, -0.1) is 0 Å². The van der Waals surface area contributed by atoms with Crippen LogP contribution in [0.15, 0.2) is 18.2 Å². The molecule has 132 valence electrons. The van der Waals surface area contributed by atoms with Gasteiger partial charge in [-0.25, -0.2) is 4.79 Å². The van der Waals surface area contributed by atoms with Gasteiger partial charge in [-0.1, -0.05) is 19.3 Å². The largest absolute Gasteiger partial charge is 0.449 e. The van der Waals surface area contributed by atoms with Crippen molar-refractivity contribution in [1.29, 1.82) is 0 Å². The molecule has 2 N–H and O–H groups in total. The van der Waals surface area contributed by atoms with Gasteiger partial charge in [0.25, 0.3) is 17.7 Å². The van der Waals surface area contributed by atoms with Crippen LogP contribution in [0, 0.1) is 0 Å². The van der Waals surface area contributed by atoms with E-state index >= 15 is 0 Å². The lowest BCUT2D eigenvalue weighted by atomic mass is 9.94. The van der Waals surface area contributed by atoms with Crippen molar-refractivity contribution >= 4 is 23.7 Å². The Bertz CT molecular complexity index is 752. The molecule has 0 spiro atoms. The van der Waals surface area contributed by atoms with Crippen molar-refractivity contribution in [3.05, 3.63) is 34.9 Å². The zero-order chi connectivity index (χ0) is 18.1. The van der Waals surface area contributed by atoms with Crippen LogP contribution in [0.3, 0.4) is 0 Å². The molecular formula is C18H20N2O5. The third-order valence-corrected chi connectivity index (χ3v) is 4.78. The summed E-state index contributed by atoms with van der Waals surface area (Å²) < 4.78 is 4.94. The lowest BCUT2D eigenvalue weighted by Crippen LogP contribution is -2.40. The molecule has 3 amide bonds. The molecular weight excluding hydrogens is 324 g/mol. The minimum atomic E-state index is -1.07. The second-order valence-corrected chi connectivity index (χ2v) is 6.48. The number of hydrogen-bond acceptors (Lipinski definition) is 5. The molecule has 25 heavy (non-hydrogen) atoms. The molecule has 1 atom stereocenters. The molecule has 1 fully saturated rings. The Morgan fingerprint density at radius 1 is 1.12 bits per heavy atom. The number of esters is 1. The van der Waals surface area contributed by atoms with Crippen molar-refractivity contribution in [2.45, 2.75) is 51.2 Å². The van der Waals surface area contributed by atoms with E-state index in [0.29, 0.717) is 5.56 Å². The summed E-state index contributed by atoms with van der Waals surface area (Å²) in [5.74, 6) is -2.20. The van der Waals surface area contributed by atoms with Crippen molar-refractivity contribution in [2.75, 3.05) is 0 Å². The molecule has 1 aliphatic carbocycles. The summed E-state index contributed by atoms with van der Waals surface area (Å²) in [5, 5.41) is 0. The second-order valence-electron chi connectivity index (χ2n) is 6.48. The molecule has 1 saturated carbocycles. The number of hydrogen-bond donors (Lipinski definition) is 1. The Morgan fingerprint density at radius 3 is 2.40 bits per heavy atom. The number of primary amides is 1. The number of nitrogens with zero attached hydrogens (tertiary/aromatic N) is 1. The molecule has 0 radical (unpaired) electrons. The third-order valence-electron chi connectivity index (χ3n) is 4.78. The van der Waals surface area contributed by atoms with Crippen LogP contribution in [0.1, 0.15) is 70.1 Å². The molecule has 1 aromatic rings. The molecule has 2 aliphatic rings. The van der Waals surface area contributed by atoms with Crippen molar-refractivity contribution in [3.63, 3.8) is 0 Å². The first-order valence-corrected chi connectivity index (χ1v) is 8.42. The smallest absolute Gasteiger partial charge is 0.338 e. The van der Waals surface area contributed by atoms with Gasteiger partial charge in [0.15, 0.2) is 6.10 Å². The van der Waals surface area contributed by atoms with Crippen molar-refractivity contribution in [3.8, 4) is 0 Å². The van der Waals surface area contributed by atoms with Gasteiger partial charge < -0.3 is 10.5 Å². The maximum absolute atomic E-state index is 12.7. The van der Waals surface area contributed by atoms with E-state index in [1.807, 2.05) is 0 Å². The van der Waals surface area contributed by atoms with Crippen LogP contribution in [-0.2, 0) is 9.53 Å². The van der Waals surface area contributed by atoms with E-state index in [1.54, 1.807) is 0 Å². The highest BCUT2D eigenvalue weighted by molar-refractivity contribution is 6.22. The molecule has 0 saturated heterocycles. The molecule has 7 nitrogen and oxygen atoms in total. The van der Waals surface area contributed by atoms with E-state index < -0.39 is 18.0 Å². The summed E-state index contributed by atoms with van der Waals surface area (Å²) >= 11 is 0. The maximum atomic E-state index is 12.7. The lowest BCUT2D eigenvalue weighted by Gasteiger charge is -2.29. The average Bonchev–Trinajstić information content (AvgIpc) is 2.86. The standard InChI is InChI=1S/C18H20N2O5/c1-10(15(19)21)25-18(24)11-7-8-13-14(9-11)17(23)20(16(13)22)12-5-3-2-4-6-12/h7-10,12H,2-6H2,1H3,(H2,19,21)/t10-/m1/s1. The van der Waals surface area contributed by atoms with Crippen LogP contribution in [0.4, 0.5) is 0 Å². The summed E-state index contributed by atoms with van der Waals surface area (Å²) in [5.41, 5.74) is 5.69. The van der Waals surface area contributed by atoms with Gasteiger partial charge >= 0.3 is 5.97 Å². The van der Waals surface area contributed by atoms with Gasteiger partial charge in [0, 0.05) is 6.04 Å². The van der Waals surface area contributed by atoms with Crippen molar-refractivity contribution in [1.82, 2.24) is 4.90 Å². The molecule has 1 aromatic carbocycles. The highest BCUT2D eigenvalue weighted by atomic mass is 16.5. The number of fused-ring (bicyclic) bond motifs is 1. The zero-order valence-corrected chi connectivity index (χ0v) is 14.0. The summed E-state index contributed by atoms with van der Waals surface area (Å²) in [4.78, 5) is 49.7. The second kappa shape index (κ2) is 6.66. The Kier molecular flexibility index (Phi) is 4.57. The Morgan fingerprint density at radius 2 is 1.76 bits per heavy atom. The quantitative estimate of drug-likeness (QED) is 0.660. The normalized spacial score (nSPS) is 18.8. The number of amides is 3. The molecule has 0 bridgehead atoms. The fraction of sp³-hybridized carbons (Fsp3) is 0.444. The molecule has 1 heterocycles. The number of rotatable bonds is 4. The predicted octanol–water partition coefficient (Wildman–Crippen LogP) is 1.65. The summed E-state index contributed by atoms with van der Waals surface area (Å²) in [7, 11) is 0. The summed E-state index contributed by atoms with van der Waals surface area (Å²) in [6.45, 7) is 1.37. The lowest BCUT2D eigenvalue weighted by molar-refractivity contribution is -0.125. The molecule has 7 heteroatoms. The molecule has 0 unspecified atom stereocenters. The first-order chi connectivity index (χ1) is 11.9. The van der Waals surface area contributed by atoms with Gasteiger partial charge in [0.1, 0.15) is 0 Å². The van der Waals surface area contributed by atoms with Crippen LogP contribution in [-0.4, -0.2) is 40.7 Å². The molecule has 1 aliphatic heterocycles. The van der Waals surface area contributed by atoms with E-state index in [9.17, 15) is 19.2 Å². The van der Waals surface area contributed by atoms with Gasteiger partial charge in [0.2, 0.25) is 0 Å². The van der Waals surface area contributed by atoms with Gasteiger partial charge in [-0.3, -0.25) is 19.3 Å². The highest BCUT2D eigenvalue weighted by Crippen LogP contribution is 2.31. The average molecular weight is 344 g/mol.